The Morgan fingerprint density at radius 1 is 1.09 bits per heavy atom. The SMILES string of the molecule is CC(C)CCC[C@H](C)N1C(=O)[C@H]([C@@H](O)[C@H](Cc2ccccc2)N(C(=O)O)C(C)(C)C)NC1C(C)C. The van der Waals surface area contributed by atoms with Gasteiger partial charge < -0.3 is 15.1 Å². The maximum absolute atomic E-state index is 13.7. The average molecular weight is 490 g/mol. The van der Waals surface area contributed by atoms with Gasteiger partial charge in [0.05, 0.1) is 18.3 Å². The summed E-state index contributed by atoms with van der Waals surface area (Å²) in [4.78, 5) is 29.3. The molecule has 1 fully saturated rings. The van der Waals surface area contributed by atoms with E-state index in [9.17, 15) is 19.8 Å². The zero-order chi connectivity index (χ0) is 26.5. The zero-order valence-electron chi connectivity index (χ0n) is 22.9. The van der Waals surface area contributed by atoms with Crippen LogP contribution in [0.3, 0.4) is 0 Å². The minimum Gasteiger partial charge on any atom is -0.465 e. The van der Waals surface area contributed by atoms with Gasteiger partial charge in [0.2, 0.25) is 5.91 Å². The number of carbonyl (C=O) groups is 2. The fraction of sp³-hybridized carbons (Fsp3) is 0.714. The first-order valence-corrected chi connectivity index (χ1v) is 13.1. The van der Waals surface area contributed by atoms with Crippen LogP contribution in [0, 0.1) is 11.8 Å². The molecular formula is C28H47N3O4. The van der Waals surface area contributed by atoms with Gasteiger partial charge >= 0.3 is 6.09 Å². The molecule has 2 amide bonds. The predicted octanol–water partition coefficient (Wildman–Crippen LogP) is 4.73. The molecular weight excluding hydrogens is 442 g/mol. The van der Waals surface area contributed by atoms with Crippen molar-refractivity contribution < 1.29 is 19.8 Å². The van der Waals surface area contributed by atoms with Crippen LogP contribution in [-0.4, -0.2) is 67.9 Å². The van der Waals surface area contributed by atoms with Crippen molar-refractivity contribution in [1.82, 2.24) is 15.1 Å². The summed E-state index contributed by atoms with van der Waals surface area (Å²) in [5.41, 5.74) is 0.159. The fourth-order valence-corrected chi connectivity index (χ4v) is 5.21. The van der Waals surface area contributed by atoms with E-state index < -0.39 is 29.8 Å². The second kappa shape index (κ2) is 12.2. The van der Waals surface area contributed by atoms with Crippen LogP contribution in [0.25, 0.3) is 0 Å². The van der Waals surface area contributed by atoms with E-state index in [-0.39, 0.29) is 24.0 Å². The van der Waals surface area contributed by atoms with Gasteiger partial charge in [0.25, 0.3) is 0 Å². The summed E-state index contributed by atoms with van der Waals surface area (Å²) < 4.78 is 0. The van der Waals surface area contributed by atoms with Crippen LogP contribution in [0.1, 0.15) is 80.2 Å². The number of nitrogens with zero attached hydrogens (tertiary/aromatic N) is 2. The molecule has 1 unspecified atom stereocenters. The van der Waals surface area contributed by atoms with Gasteiger partial charge in [-0.15, -0.1) is 0 Å². The molecule has 7 heteroatoms. The Kier molecular flexibility index (Phi) is 10.2. The van der Waals surface area contributed by atoms with Gasteiger partial charge in [0, 0.05) is 11.6 Å². The molecule has 0 saturated carbocycles. The van der Waals surface area contributed by atoms with Crippen LogP contribution in [0.15, 0.2) is 30.3 Å². The minimum absolute atomic E-state index is 0.0316. The maximum Gasteiger partial charge on any atom is 0.408 e. The van der Waals surface area contributed by atoms with Gasteiger partial charge in [-0.2, -0.15) is 0 Å². The standard InChI is InChI=1S/C28H47N3O4/c1-18(2)13-12-14-20(5)30-25(19(3)4)29-23(26(30)33)24(32)22(17-21-15-10-9-11-16-21)31(27(34)35)28(6,7)8/h9-11,15-16,18-20,22-25,29,32H,12-14,17H2,1-8H3,(H,34,35)/t20-,22-,23-,24-,25?/m0/s1. The first-order chi connectivity index (χ1) is 16.3. The van der Waals surface area contributed by atoms with E-state index in [4.69, 9.17) is 0 Å². The van der Waals surface area contributed by atoms with Gasteiger partial charge in [-0.3, -0.25) is 15.0 Å². The highest BCUT2D eigenvalue weighted by molar-refractivity contribution is 5.85. The highest BCUT2D eigenvalue weighted by atomic mass is 16.4. The molecule has 0 aliphatic carbocycles. The van der Waals surface area contributed by atoms with Crippen molar-refractivity contribution in [3.8, 4) is 0 Å². The lowest BCUT2D eigenvalue weighted by molar-refractivity contribution is -0.135. The Labute approximate surface area is 211 Å². The fourth-order valence-electron chi connectivity index (χ4n) is 5.21. The van der Waals surface area contributed by atoms with Gasteiger partial charge in [-0.25, -0.2) is 4.79 Å². The predicted molar refractivity (Wildman–Crippen MR) is 140 cm³/mol. The number of nitrogens with one attached hydrogen (secondary N) is 1. The number of hydrogen-bond donors (Lipinski definition) is 3. The number of carbonyl (C=O) groups excluding carboxylic acids is 1. The molecule has 1 aliphatic rings. The summed E-state index contributed by atoms with van der Waals surface area (Å²) in [6.07, 6.45) is 0.836. The number of amides is 2. The largest absolute Gasteiger partial charge is 0.465 e. The van der Waals surface area contributed by atoms with E-state index in [0.717, 1.165) is 24.8 Å². The zero-order valence-corrected chi connectivity index (χ0v) is 22.9. The molecule has 0 radical (unpaired) electrons. The van der Waals surface area contributed by atoms with Gasteiger partial charge in [-0.1, -0.05) is 70.9 Å². The maximum atomic E-state index is 13.7. The van der Waals surface area contributed by atoms with E-state index in [1.807, 2.05) is 56.0 Å². The van der Waals surface area contributed by atoms with Crippen molar-refractivity contribution in [3.05, 3.63) is 35.9 Å². The third kappa shape index (κ3) is 7.43. The molecule has 1 heterocycles. The van der Waals surface area contributed by atoms with Gasteiger partial charge in [-0.05, 0) is 57.9 Å². The van der Waals surface area contributed by atoms with Crippen LogP contribution in [0.5, 0.6) is 0 Å². The van der Waals surface area contributed by atoms with Crippen molar-refractivity contribution in [1.29, 1.82) is 0 Å². The number of carboxylic acid groups (broad SMARTS) is 1. The van der Waals surface area contributed by atoms with Crippen molar-refractivity contribution >= 4 is 12.0 Å². The molecule has 0 spiro atoms. The van der Waals surface area contributed by atoms with Gasteiger partial charge in [0.1, 0.15) is 6.04 Å². The van der Waals surface area contributed by atoms with Crippen molar-refractivity contribution in [2.24, 2.45) is 11.8 Å². The number of aliphatic hydroxyl groups excluding tert-OH is 1. The third-order valence-electron chi connectivity index (χ3n) is 6.96. The summed E-state index contributed by atoms with van der Waals surface area (Å²) >= 11 is 0. The highest BCUT2D eigenvalue weighted by Crippen LogP contribution is 2.29. The minimum atomic E-state index is -1.20. The van der Waals surface area contributed by atoms with E-state index in [1.165, 1.54) is 4.90 Å². The summed E-state index contributed by atoms with van der Waals surface area (Å²) in [5.74, 6) is 0.614. The molecule has 5 atom stereocenters. The van der Waals surface area contributed by atoms with Crippen molar-refractivity contribution in [2.45, 2.75) is 117 Å². The summed E-state index contributed by atoms with van der Waals surface area (Å²) in [6.45, 7) is 16.0. The lowest BCUT2D eigenvalue weighted by atomic mass is 9.91. The Bertz CT molecular complexity index is 821. The quantitative estimate of drug-likeness (QED) is 0.418. The Hall–Kier alpha value is -2.12. The second-order valence-corrected chi connectivity index (χ2v) is 11.8. The Morgan fingerprint density at radius 3 is 2.17 bits per heavy atom. The van der Waals surface area contributed by atoms with Crippen LogP contribution < -0.4 is 5.32 Å². The summed E-state index contributed by atoms with van der Waals surface area (Å²) in [7, 11) is 0. The van der Waals surface area contributed by atoms with Crippen LogP contribution >= 0.6 is 0 Å². The molecule has 1 saturated heterocycles. The molecule has 1 aromatic rings. The van der Waals surface area contributed by atoms with E-state index in [2.05, 4.69) is 39.9 Å². The second-order valence-electron chi connectivity index (χ2n) is 11.8. The molecule has 7 nitrogen and oxygen atoms in total. The van der Waals surface area contributed by atoms with Crippen LogP contribution in [-0.2, 0) is 11.2 Å². The molecule has 0 aromatic heterocycles. The lowest BCUT2D eigenvalue weighted by Crippen LogP contribution is -2.61. The normalized spacial score (nSPS) is 21.5. The first-order valence-electron chi connectivity index (χ1n) is 13.1. The first kappa shape index (κ1) is 29.1. The number of rotatable bonds is 11. The number of aliphatic hydroxyl groups is 1. The average Bonchev–Trinajstić information content (AvgIpc) is 3.09. The topological polar surface area (TPSA) is 93.1 Å². The Morgan fingerprint density at radius 2 is 1.69 bits per heavy atom. The molecule has 35 heavy (non-hydrogen) atoms. The molecule has 1 aliphatic heterocycles. The smallest absolute Gasteiger partial charge is 0.408 e. The van der Waals surface area contributed by atoms with Crippen LogP contribution in [0.2, 0.25) is 0 Å². The summed E-state index contributed by atoms with van der Waals surface area (Å²) in [5, 5.41) is 25.2. The molecule has 3 N–H and O–H groups in total. The third-order valence-corrected chi connectivity index (χ3v) is 6.96. The van der Waals surface area contributed by atoms with E-state index in [0.29, 0.717) is 12.3 Å². The monoisotopic (exact) mass is 489 g/mol. The molecule has 1 aromatic carbocycles. The van der Waals surface area contributed by atoms with Gasteiger partial charge in [0.15, 0.2) is 0 Å². The number of benzene rings is 1. The lowest BCUT2D eigenvalue weighted by Gasteiger charge is -2.42. The molecule has 198 valence electrons. The van der Waals surface area contributed by atoms with Crippen molar-refractivity contribution in [3.63, 3.8) is 0 Å². The van der Waals surface area contributed by atoms with Crippen LogP contribution in [0.4, 0.5) is 4.79 Å². The highest BCUT2D eigenvalue weighted by Gasteiger charge is 2.49. The van der Waals surface area contributed by atoms with E-state index >= 15 is 0 Å². The van der Waals surface area contributed by atoms with Crippen molar-refractivity contribution in [2.75, 3.05) is 0 Å². The number of hydrogen-bond acceptors (Lipinski definition) is 4. The molecule has 2 rings (SSSR count). The summed E-state index contributed by atoms with van der Waals surface area (Å²) in [6, 6.07) is 7.92. The Balaban J connectivity index is 2.37. The van der Waals surface area contributed by atoms with E-state index in [1.54, 1.807) is 0 Å². The molecule has 0 bridgehead atoms.